The van der Waals surface area contributed by atoms with E-state index in [2.05, 4.69) is 39.6 Å². The molecule has 1 atom stereocenters. The molecule has 0 aliphatic carbocycles. The van der Waals surface area contributed by atoms with Gasteiger partial charge in [0, 0.05) is 18.7 Å². The van der Waals surface area contributed by atoms with E-state index in [1.165, 1.54) is 6.42 Å². The summed E-state index contributed by atoms with van der Waals surface area (Å²) < 4.78 is 5.82. The quantitative estimate of drug-likeness (QED) is 0.803. The van der Waals surface area contributed by atoms with E-state index in [0.717, 1.165) is 38.5 Å². The predicted octanol–water partition coefficient (Wildman–Crippen LogP) is 2.25. The molecule has 3 nitrogen and oxygen atoms in total. The molecule has 1 rings (SSSR count). The van der Waals surface area contributed by atoms with Gasteiger partial charge in [0.1, 0.15) is 0 Å². The molecule has 0 aromatic heterocycles. The molecular weight excluding hydrogens is 212 g/mol. The summed E-state index contributed by atoms with van der Waals surface area (Å²) >= 11 is 0. The Bertz CT molecular complexity index is 240. The van der Waals surface area contributed by atoms with Crippen molar-refractivity contribution in [1.82, 2.24) is 4.90 Å². The topological polar surface area (TPSA) is 38.5 Å². The largest absolute Gasteiger partial charge is 0.375 e. The minimum Gasteiger partial charge on any atom is -0.375 e. The molecule has 0 amide bonds. The number of hydrogen-bond acceptors (Lipinski definition) is 3. The monoisotopic (exact) mass is 242 g/mol. The average molecular weight is 242 g/mol. The molecule has 1 fully saturated rings. The Labute approximate surface area is 107 Å². The second-order valence-corrected chi connectivity index (χ2v) is 6.57. The molecule has 2 N–H and O–H groups in total. The van der Waals surface area contributed by atoms with Crippen molar-refractivity contribution in [2.75, 3.05) is 26.7 Å². The predicted molar refractivity (Wildman–Crippen MR) is 73.1 cm³/mol. The molecule has 1 aliphatic rings. The molecule has 3 heteroatoms. The number of hydrogen-bond donors (Lipinski definition) is 1. The van der Waals surface area contributed by atoms with E-state index >= 15 is 0 Å². The Hall–Kier alpha value is -0.120. The summed E-state index contributed by atoms with van der Waals surface area (Å²) in [4.78, 5) is 2.47. The van der Waals surface area contributed by atoms with Gasteiger partial charge in [0.15, 0.2) is 0 Å². The minimum atomic E-state index is -0.0380. The molecule has 17 heavy (non-hydrogen) atoms. The Morgan fingerprint density at radius 1 is 1.35 bits per heavy atom. The van der Waals surface area contributed by atoms with Crippen LogP contribution in [0.2, 0.25) is 0 Å². The lowest BCUT2D eigenvalue weighted by Gasteiger charge is -2.49. The van der Waals surface area contributed by atoms with Crippen molar-refractivity contribution in [3.8, 4) is 0 Å². The first kappa shape index (κ1) is 14.9. The normalized spacial score (nSPS) is 28.9. The maximum absolute atomic E-state index is 6.07. The fourth-order valence-corrected chi connectivity index (χ4v) is 2.79. The van der Waals surface area contributed by atoms with E-state index in [4.69, 9.17) is 10.5 Å². The second kappa shape index (κ2) is 5.68. The van der Waals surface area contributed by atoms with Crippen LogP contribution in [-0.4, -0.2) is 42.8 Å². The zero-order valence-corrected chi connectivity index (χ0v) is 12.3. The van der Waals surface area contributed by atoms with Crippen LogP contribution in [0.3, 0.4) is 0 Å². The molecule has 0 aromatic carbocycles. The van der Waals surface area contributed by atoms with Crippen LogP contribution in [0.25, 0.3) is 0 Å². The number of rotatable bonds is 5. The number of likely N-dealkylation sites (N-methyl/N-ethyl adjacent to an activating group) is 1. The third-order valence-electron chi connectivity index (χ3n) is 4.05. The first-order chi connectivity index (χ1) is 7.81. The zero-order valence-electron chi connectivity index (χ0n) is 12.3. The van der Waals surface area contributed by atoms with Gasteiger partial charge < -0.3 is 10.5 Å². The van der Waals surface area contributed by atoms with E-state index in [1.807, 2.05) is 0 Å². The summed E-state index contributed by atoms with van der Waals surface area (Å²) in [7, 11) is 2.22. The number of ether oxygens (including phenoxy) is 1. The van der Waals surface area contributed by atoms with Crippen LogP contribution in [0.1, 0.15) is 47.0 Å². The highest BCUT2D eigenvalue weighted by molar-refractivity contribution is 4.98. The van der Waals surface area contributed by atoms with E-state index in [9.17, 15) is 0 Å². The fraction of sp³-hybridized carbons (Fsp3) is 1.00. The highest BCUT2D eigenvalue weighted by Gasteiger charge is 2.42. The molecule has 1 aliphatic heterocycles. The lowest BCUT2D eigenvalue weighted by molar-refractivity contribution is -0.113. The third-order valence-corrected chi connectivity index (χ3v) is 4.05. The summed E-state index contributed by atoms with van der Waals surface area (Å²) in [5.41, 5.74) is 6.17. The van der Waals surface area contributed by atoms with E-state index in [-0.39, 0.29) is 11.1 Å². The maximum Gasteiger partial charge on any atom is 0.0644 e. The van der Waals surface area contributed by atoms with E-state index in [1.54, 1.807) is 0 Å². The van der Waals surface area contributed by atoms with Crippen molar-refractivity contribution in [3.63, 3.8) is 0 Å². The van der Waals surface area contributed by atoms with Gasteiger partial charge in [0.2, 0.25) is 0 Å². The Morgan fingerprint density at radius 3 is 2.47 bits per heavy atom. The van der Waals surface area contributed by atoms with Crippen molar-refractivity contribution in [2.24, 2.45) is 11.7 Å². The first-order valence-electron chi connectivity index (χ1n) is 6.87. The summed E-state index contributed by atoms with van der Waals surface area (Å²) in [5, 5.41) is 0. The molecule has 0 bridgehead atoms. The zero-order chi connectivity index (χ0) is 13.1. The van der Waals surface area contributed by atoms with Gasteiger partial charge in [-0.25, -0.2) is 0 Å². The van der Waals surface area contributed by atoms with Crippen LogP contribution < -0.4 is 5.73 Å². The summed E-state index contributed by atoms with van der Waals surface area (Å²) in [5.74, 6) is 0.750. The van der Waals surface area contributed by atoms with Crippen molar-refractivity contribution >= 4 is 0 Å². The van der Waals surface area contributed by atoms with Crippen LogP contribution >= 0.6 is 0 Å². The lowest BCUT2D eigenvalue weighted by Crippen LogP contribution is -2.59. The molecule has 0 spiro atoms. The van der Waals surface area contributed by atoms with Crippen LogP contribution in [0, 0.1) is 5.92 Å². The molecule has 0 aromatic rings. The Balaban J connectivity index is 2.66. The minimum absolute atomic E-state index is 0.0380. The van der Waals surface area contributed by atoms with Crippen LogP contribution in [0.4, 0.5) is 0 Å². The van der Waals surface area contributed by atoms with Gasteiger partial charge in [0.05, 0.1) is 5.60 Å². The molecular formula is C14H30N2O. The smallest absolute Gasteiger partial charge is 0.0644 e. The highest BCUT2D eigenvalue weighted by atomic mass is 16.5. The number of nitrogens with two attached hydrogens (primary N) is 1. The first-order valence-corrected chi connectivity index (χ1v) is 6.87. The van der Waals surface area contributed by atoms with Gasteiger partial charge >= 0.3 is 0 Å². The van der Waals surface area contributed by atoms with Gasteiger partial charge in [-0.3, -0.25) is 4.90 Å². The molecule has 0 saturated carbocycles. The maximum atomic E-state index is 6.07. The Kier molecular flexibility index (Phi) is 4.99. The summed E-state index contributed by atoms with van der Waals surface area (Å²) in [6.45, 7) is 11.6. The second-order valence-electron chi connectivity index (χ2n) is 6.57. The average Bonchev–Trinajstić information content (AvgIpc) is 2.24. The van der Waals surface area contributed by atoms with Crippen LogP contribution in [-0.2, 0) is 4.74 Å². The Morgan fingerprint density at radius 2 is 2.00 bits per heavy atom. The van der Waals surface area contributed by atoms with Crippen LogP contribution in [0.15, 0.2) is 0 Å². The SMILES string of the molecule is CC(C)CCN(C)C1(CN)CCOC(C)(C)C1. The third kappa shape index (κ3) is 3.94. The summed E-state index contributed by atoms with van der Waals surface area (Å²) in [6.07, 6.45) is 3.33. The van der Waals surface area contributed by atoms with E-state index < -0.39 is 0 Å². The van der Waals surface area contributed by atoms with Crippen molar-refractivity contribution in [3.05, 3.63) is 0 Å². The summed E-state index contributed by atoms with van der Waals surface area (Å²) in [6, 6.07) is 0. The van der Waals surface area contributed by atoms with E-state index in [0.29, 0.717) is 0 Å². The van der Waals surface area contributed by atoms with Gasteiger partial charge in [-0.05, 0) is 52.6 Å². The standard InChI is InChI=1S/C14H30N2O/c1-12(2)6-8-16(5)14(11-15)7-9-17-13(3,4)10-14/h12H,6-11,15H2,1-5H3. The van der Waals surface area contributed by atoms with Gasteiger partial charge in [-0.1, -0.05) is 13.8 Å². The van der Waals surface area contributed by atoms with Gasteiger partial charge in [-0.2, -0.15) is 0 Å². The van der Waals surface area contributed by atoms with Crippen molar-refractivity contribution < 1.29 is 4.74 Å². The van der Waals surface area contributed by atoms with Gasteiger partial charge in [-0.15, -0.1) is 0 Å². The molecule has 1 unspecified atom stereocenters. The van der Waals surface area contributed by atoms with Crippen molar-refractivity contribution in [1.29, 1.82) is 0 Å². The van der Waals surface area contributed by atoms with Crippen LogP contribution in [0.5, 0.6) is 0 Å². The number of nitrogens with zero attached hydrogens (tertiary/aromatic N) is 1. The highest BCUT2D eigenvalue weighted by Crippen LogP contribution is 2.35. The molecule has 1 heterocycles. The molecule has 0 radical (unpaired) electrons. The molecule has 1 saturated heterocycles. The van der Waals surface area contributed by atoms with Gasteiger partial charge in [0.25, 0.3) is 0 Å². The molecule has 102 valence electrons. The lowest BCUT2D eigenvalue weighted by atomic mass is 9.80. The van der Waals surface area contributed by atoms with Crippen molar-refractivity contribution in [2.45, 2.75) is 58.1 Å². The fourth-order valence-electron chi connectivity index (χ4n) is 2.79.